The standard InChI is InChI=1S/C18H27N3O2/c1-15-13-20(11-12-23-15)14-18(22)19-16-5-7-17(8-6-16)21-9-3-2-4-10-21/h5-8,15H,2-4,9-14H2,1H3,(H,19,22)/t15-/m0/s1. The van der Waals surface area contributed by atoms with Gasteiger partial charge < -0.3 is 15.0 Å². The zero-order chi connectivity index (χ0) is 16.1. The summed E-state index contributed by atoms with van der Waals surface area (Å²) in [6, 6.07) is 8.23. The van der Waals surface area contributed by atoms with Crippen LogP contribution in [0.2, 0.25) is 0 Å². The Kier molecular flexibility index (Phi) is 5.51. The lowest BCUT2D eigenvalue weighted by atomic mass is 10.1. The summed E-state index contributed by atoms with van der Waals surface area (Å²) in [5, 5.41) is 2.99. The smallest absolute Gasteiger partial charge is 0.238 e. The van der Waals surface area contributed by atoms with E-state index in [0.29, 0.717) is 13.2 Å². The Bertz CT molecular complexity index is 512. The third-order valence-electron chi connectivity index (χ3n) is 4.56. The minimum Gasteiger partial charge on any atom is -0.376 e. The molecule has 0 spiro atoms. The van der Waals surface area contributed by atoms with E-state index in [-0.39, 0.29) is 12.0 Å². The van der Waals surface area contributed by atoms with Gasteiger partial charge in [-0.3, -0.25) is 9.69 Å². The summed E-state index contributed by atoms with van der Waals surface area (Å²) >= 11 is 0. The molecular weight excluding hydrogens is 290 g/mol. The molecule has 1 atom stereocenters. The van der Waals surface area contributed by atoms with Crippen LogP contribution in [0.3, 0.4) is 0 Å². The van der Waals surface area contributed by atoms with Gasteiger partial charge >= 0.3 is 0 Å². The Labute approximate surface area is 138 Å². The molecule has 5 nitrogen and oxygen atoms in total. The first-order valence-electron chi connectivity index (χ1n) is 8.69. The fraction of sp³-hybridized carbons (Fsp3) is 0.611. The van der Waals surface area contributed by atoms with Crippen LogP contribution in [-0.2, 0) is 9.53 Å². The number of morpholine rings is 1. The maximum atomic E-state index is 12.2. The number of carbonyl (C=O) groups excluding carboxylic acids is 1. The Morgan fingerprint density at radius 1 is 1.17 bits per heavy atom. The van der Waals surface area contributed by atoms with Gasteiger partial charge in [-0.1, -0.05) is 0 Å². The second-order valence-corrected chi connectivity index (χ2v) is 6.56. The molecular formula is C18H27N3O2. The van der Waals surface area contributed by atoms with Crippen molar-refractivity contribution in [3.05, 3.63) is 24.3 Å². The van der Waals surface area contributed by atoms with Crippen molar-refractivity contribution in [2.24, 2.45) is 0 Å². The van der Waals surface area contributed by atoms with Crippen LogP contribution < -0.4 is 10.2 Å². The van der Waals surface area contributed by atoms with Gasteiger partial charge in [0.15, 0.2) is 0 Å². The summed E-state index contributed by atoms with van der Waals surface area (Å²) in [6.07, 6.45) is 4.10. The zero-order valence-electron chi connectivity index (χ0n) is 14.0. The van der Waals surface area contributed by atoms with E-state index in [9.17, 15) is 4.79 Å². The molecule has 2 heterocycles. The molecule has 2 aliphatic rings. The minimum atomic E-state index is 0.0461. The maximum Gasteiger partial charge on any atom is 0.238 e. The van der Waals surface area contributed by atoms with Gasteiger partial charge in [0.1, 0.15) is 0 Å². The van der Waals surface area contributed by atoms with Crippen LogP contribution >= 0.6 is 0 Å². The second-order valence-electron chi connectivity index (χ2n) is 6.56. The van der Waals surface area contributed by atoms with E-state index >= 15 is 0 Å². The highest BCUT2D eigenvalue weighted by molar-refractivity contribution is 5.92. The van der Waals surface area contributed by atoms with Crippen molar-refractivity contribution in [3.63, 3.8) is 0 Å². The predicted octanol–water partition coefficient (Wildman–Crippen LogP) is 2.34. The Hall–Kier alpha value is -1.59. The number of hydrogen-bond acceptors (Lipinski definition) is 4. The first kappa shape index (κ1) is 16.3. The molecule has 0 aromatic heterocycles. The predicted molar refractivity (Wildman–Crippen MR) is 93.0 cm³/mol. The molecule has 0 bridgehead atoms. The molecule has 1 aromatic carbocycles. The number of hydrogen-bond donors (Lipinski definition) is 1. The molecule has 0 unspecified atom stereocenters. The van der Waals surface area contributed by atoms with Crippen molar-refractivity contribution in [2.75, 3.05) is 49.5 Å². The summed E-state index contributed by atoms with van der Waals surface area (Å²) in [5.41, 5.74) is 2.13. The lowest BCUT2D eigenvalue weighted by Gasteiger charge is -2.30. The van der Waals surface area contributed by atoms with Crippen molar-refractivity contribution in [3.8, 4) is 0 Å². The highest BCUT2D eigenvalue weighted by Crippen LogP contribution is 2.21. The number of carbonyl (C=O) groups is 1. The van der Waals surface area contributed by atoms with Crippen LogP contribution in [0, 0.1) is 0 Å². The highest BCUT2D eigenvalue weighted by atomic mass is 16.5. The Balaban J connectivity index is 1.50. The number of rotatable bonds is 4. The van der Waals surface area contributed by atoms with Crippen LogP contribution in [-0.4, -0.2) is 56.2 Å². The van der Waals surface area contributed by atoms with Gasteiger partial charge in [-0.25, -0.2) is 0 Å². The largest absolute Gasteiger partial charge is 0.376 e. The number of anilines is 2. The summed E-state index contributed by atoms with van der Waals surface area (Å²) in [4.78, 5) is 16.7. The highest BCUT2D eigenvalue weighted by Gasteiger charge is 2.19. The maximum absolute atomic E-state index is 12.2. The van der Waals surface area contributed by atoms with Crippen LogP contribution in [0.1, 0.15) is 26.2 Å². The second kappa shape index (κ2) is 7.79. The van der Waals surface area contributed by atoms with E-state index in [0.717, 1.165) is 31.9 Å². The van der Waals surface area contributed by atoms with Crippen molar-refractivity contribution < 1.29 is 9.53 Å². The molecule has 1 aromatic rings. The number of benzene rings is 1. The third-order valence-corrected chi connectivity index (χ3v) is 4.56. The van der Waals surface area contributed by atoms with E-state index in [2.05, 4.69) is 27.2 Å². The molecule has 2 saturated heterocycles. The molecule has 5 heteroatoms. The van der Waals surface area contributed by atoms with Crippen molar-refractivity contribution in [1.82, 2.24) is 4.90 Å². The number of ether oxygens (including phenoxy) is 1. The summed E-state index contributed by atoms with van der Waals surface area (Å²) in [7, 11) is 0. The Morgan fingerprint density at radius 2 is 1.91 bits per heavy atom. The number of amides is 1. The van der Waals surface area contributed by atoms with E-state index in [4.69, 9.17) is 4.74 Å². The lowest BCUT2D eigenvalue weighted by Crippen LogP contribution is -2.44. The van der Waals surface area contributed by atoms with E-state index in [1.165, 1.54) is 24.9 Å². The molecule has 0 saturated carbocycles. The monoisotopic (exact) mass is 317 g/mol. The van der Waals surface area contributed by atoms with Crippen LogP contribution in [0.5, 0.6) is 0 Å². The fourth-order valence-electron chi connectivity index (χ4n) is 3.35. The number of nitrogens with one attached hydrogen (secondary N) is 1. The number of nitrogens with zero attached hydrogens (tertiary/aromatic N) is 2. The lowest BCUT2D eigenvalue weighted by molar-refractivity contribution is -0.119. The SMILES string of the molecule is C[C@H]1CN(CC(=O)Nc2ccc(N3CCCCC3)cc2)CCO1. The van der Waals surface area contributed by atoms with Crippen molar-refractivity contribution >= 4 is 17.3 Å². The zero-order valence-corrected chi connectivity index (χ0v) is 14.0. The summed E-state index contributed by atoms with van der Waals surface area (Å²) < 4.78 is 5.50. The molecule has 2 fully saturated rings. The van der Waals surface area contributed by atoms with Crippen LogP contribution in [0.15, 0.2) is 24.3 Å². The summed E-state index contributed by atoms with van der Waals surface area (Å²) in [6.45, 7) is 7.11. The third kappa shape index (κ3) is 4.69. The van der Waals surface area contributed by atoms with Crippen molar-refractivity contribution in [2.45, 2.75) is 32.3 Å². The normalized spacial score (nSPS) is 22.8. The van der Waals surface area contributed by atoms with Gasteiger partial charge in [-0.15, -0.1) is 0 Å². The van der Waals surface area contributed by atoms with Gasteiger partial charge in [0.05, 0.1) is 19.3 Å². The van der Waals surface area contributed by atoms with Crippen LogP contribution in [0.25, 0.3) is 0 Å². The van der Waals surface area contributed by atoms with Crippen LogP contribution in [0.4, 0.5) is 11.4 Å². The minimum absolute atomic E-state index is 0.0461. The molecule has 0 radical (unpaired) electrons. The van der Waals surface area contributed by atoms with E-state index in [1.807, 2.05) is 19.1 Å². The molecule has 2 aliphatic heterocycles. The van der Waals surface area contributed by atoms with Gasteiger partial charge in [0.2, 0.25) is 5.91 Å². The average molecular weight is 317 g/mol. The van der Waals surface area contributed by atoms with Crippen molar-refractivity contribution in [1.29, 1.82) is 0 Å². The first-order valence-corrected chi connectivity index (χ1v) is 8.69. The first-order chi connectivity index (χ1) is 11.2. The fourth-order valence-corrected chi connectivity index (χ4v) is 3.35. The molecule has 126 valence electrons. The molecule has 1 N–H and O–H groups in total. The van der Waals surface area contributed by atoms with Gasteiger partial charge in [0, 0.05) is 37.6 Å². The number of piperidine rings is 1. The molecule has 0 aliphatic carbocycles. The van der Waals surface area contributed by atoms with E-state index in [1.54, 1.807) is 0 Å². The van der Waals surface area contributed by atoms with Gasteiger partial charge in [-0.05, 0) is 50.5 Å². The Morgan fingerprint density at radius 3 is 2.61 bits per heavy atom. The topological polar surface area (TPSA) is 44.8 Å². The van der Waals surface area contributed by atoms with E-state index < -0.39 is 0 Å². The molecule has 23 heavy (non-hydrogen) atoms. The van der Waals surface area contributed by atoms with Gasteiger partial charge in [0.25, 0.3) is 0 Å². The molecule has 3 rings (SSSR count). The quantitative estimate of drug-likeness (QED) is 0.926. The van der Waals surface area contributed by atoms with Gasteiger partial charge in [-0.2, -0.15) is 0 Å². The average Bonchev–Trinajstić information content (AvgIpc) is 2.56. The molecule has 1 amide bonds. The summed E-state index contributed by atoms with van der Waals surface area (Å²) in [5.74, 6) is 0.0461.